The molecule has 6 heteroatoms. The molecule has 0 bridgehead atoms. The van der Waals surface area contributed by atoms with E-state index in [9.17, 15) is 4.79 Å². The van der Waals surface area contributed by atoms with Gasteiger partial charge in [0.25, 0.3) is 0 Å². The second kappa shape index (κ2) is 9.49. The summed E-state index contributed by atoms with van der Waals surface area (Å²) in [6.07, 6.45) is 5.53. The van der Waals surface area contributed by atoms with Gasteiger partial charge in [0.2, 0.25) is 0 Å². The minimum absolute atomic E-state index is 0.253. The number of carbonyl (C=O) groups excluding carboxylic acids is 1. The zero-order valence-electron chi connectivity index (χ0n) is 22.6. The Kier molecular flexibility index (Phi) is 5.77. The standard InChI is InChI=1S/C34H30N4O2/c1-3-40-33(39)24-10-6-9-23(21-24)29-30(22-14-16-25(17-15-22)34(2)18-8-19-34)38-28-13-7-20-35-31(28)36-27-12-5-4-11-26(27)32(38)37-29/h4-7,9-17,20-21H,3,8,18-19H2,1-2H3,(H,35,36). The number of esters is 1. The molecule has 0 saturated heterocycles. The van der Waals surface area contributed by atoms with Gasteiger partial charge in [-0.25, -0.2) is 14.8 Å². The van der Waals surface area contributed by atoms with Crippen LogP contribution in [-0.2, 0) is 10.2 Å². The molecule has 1 fully saturated rings. The summed E-state index contributed by atoms with van der Waals surface area (Å²) < 4.78 is 7.51. The molecule has 0 atom stereocenters. The summed E-state index contributed by atoms with van der Waals surface area (Å²) in [5.41, 5.74) is 8.63. The molecule has 1 aliphatic carbocycles. The van der Waals surface area contributed by atoms with Gasteiger partial charge in [-0.05, 0) is 67.1 Å². The van der Waals surface area contributed by atoms with Gasteiger partial charge in [-0.15, -0.1) is 0 Å². The van der Waals surface area contributed by atoms with E-state index in [4.69, 9.17) is 14.7 Å². The van der Waals surface area contributed by atoms with E-state index in [-0.39, 0.29) is 11.4 Å². The Labute approximate surface area is 233 Å². The van der Waals surface area contributed by atoms with Crippen LogP contribution in [0.4, 0.5) is 11.5 Å². The summed E-state index contributed by atoms with van der Waals surface area (Å²) in [6.45, 7) is 4.50. The third kappa shape index (κ3) is 3.90. The first-order chi connectivity index (χ1) is 19.6. The van der Waals surface area contributed by atoms with Gasteiger partial charge in [-0.2, -0.15) is 0 Å². The summed E-state index contributed by atoms with van der Waals surface area (Å²) in [4.78, 5) is 22.6. The van der Waals surface area contributed by atoms with Crippen molar-refractivity contribution < 1.29 is 9.53 Å². The van der Waals surface area contributed by atoms with Crippen LogP contribution in [-0.4, -0.2) is 27.1 Å². The molecule has 3 heterocycles. The number of hydrogen-bond acceptors (Lipinski definition) is 5. The van der Waals surface area contributed by atoms with Crippen LogP contribution in [0, 0.1) is 0 Å². The average molecular weight is 527 g/mol. The molecule has 198 valence electrons. The third-order valence-electron chi connectivity index (χ3n) is 8.29. The zero-order valence-corrected chi connectivity index (χ0v) is 22.6. The molecule has 0 radical (unpaired) electrons. The van der Waals surface area contributed by atoms with Gasteiger partial charge in [0.05, 0.1) is 34.9 Å². The Morgan fingerprint density at radius 3 is 2.58 bits per heavy atom. The molecule has 1 saturated carbocycles. The highest BCUT2D eigenvalue weighted by Crippen LogP contribution is 2.46. The quantitative estimate of drug-likeness (QED) is 0.231. The first kappa shape index (κ1) is 24.3. The molecule has 0 unspecified atom stereocenters. The fourth-order valence-corrected chi connectivity index (χ4v) is 5.93. The Morgan fingerprint density at radius 2 is 1.80 bits per heavy atom. The molecule has 0 spiro atoms. The number of fused-ring (bicyclic) bond motifs is 5. The van der Waals surface area contributed by atoms with Gasteiger partial charge in [-0.3, -0.25) is 4.57 Å². The molecular weight excluding hydrogens is 496 g/mol. The number of ether oxygens (including phenoxy) is 1. The predicted octanol–water partition coefficient (Wildman–Crippen LogP) is 7.94. The molecule has 2 aromatic heterocycles. The van der Waals surface area contributed by atoms with Gasteiger partial charge in [0, 0.05) is 22.9 Å². The number of benzene rings is 3. The number of rotatable bonds is 5. The topological polar surface area (TPSA) is 69.0 Å². The lowest BCUT2D eigenvalue weighted by molar-refractivity contribution is 0.0526. The van der Waals surface area contributed by atoms with Crippen LogP contribution in [0.15, 0.2) is 91.1 Å². The van der Waals surface area contributed by atoms with E-state index in [1.54, 1.807) is 12.3 Å². The monoisotopic (exact) mass is 526 g/mol. The molecular formula is C34H30N4O2. The Bertz CT molecular complexity index is 1750. The van der Waals surface area contributed by atoms with Crippen molar-refractivity contribution in [2.24, 2.45) is 0 Å². The lowest BCUT2D eigenvalue weighted by Gasteiger charge is -2.39. The van der Waals surface area contributed by atoms with Crippen LogP contribution in [0.1, 0.15) is 49.0 Å². The van der Waals surface area contributed by atoms with Crippen molar-refractivity contribution in [3.05, 3.63) is 102 Å². The van der Waals surface area contributed by atoms with Crippen LogP contribution in [0.25, 0.3) is 39.6 Å². The number of hydrogen-bond donors (Lipinski definition) is 1. The van der Waals surface area contributed by atoms with Crippen molar-refractivity contribution >= 4 is 17.5 Å². The SMILES string of the molecule is CCOC(=O)c1cccc(-c2nc3n(c2-c2ccc(C4(C)CCC4)cc2)-c2cccnc2Nc2ccccc2-3)c1. The van der Waals surface area contributed by atoms with Crippen LogP contribution in [0.5, 0.6) is 0 Å². The fourth-order valence-electron chi connectivity index (χ4n) is 5.93. The van der Waals surface area contributed by atoms with Crippen molar-refractivity contribution in [2.45, 2.75) is 38.5 Å². The molecule has 2 aliphatic rings. The first-order valence-electron chi connectivity index (χ1n) is 13.9. The number of para-hydroxylation sites is 1. The first-order valence-corrected chi connectivity index (χ1v) is 13.9. The molecule has 1 aliphatic heterocycles. The lowest BCUT2D eigenvalue weighted by atomic mass is 9.66. The van der Waals surface area contributed by atoms with Crippen LogP contribution < -0.4 is 5.32 Å². The van der Waals surface area contributed by atoms with Crippen LogP contribution in [0.2, 0.25) is 0 Å². The molecule has 3 aromatic carbocycles. The normalized spacial score (nSPS) is 14.6. The Balaban J connectivity index is 1.50. The number of nitrogens with one attached hydrogen (secondary N) is 1. The minimum Gasteiger partial charge on any atom is -0.462 e. The second-order valence-electron chi connectivity index (χ2n) is 10.8. The summed E-state index contributed by atoms with van der Waals surface area (Å²) >= 11 is 0. The molecule has 5 aromatic rings. The highest BCUT2D eigenvalue weighted by atomic mass is 16.5. The van der Waals surface area contributed by atoms with Crippen molar-refractivity contribution in [1.29, 1.82) is 0 Å². The Morgan fingerprint density at radius 1 is 0.975 bits per heavy atom. The number of imidazole rings is 1. The minimum atomic E-state index is -0.339. The number of anilines is 2. The van der Waals surface area contributed by atoms with Crippen molar-refractivity contribution in [3.8, 4) is 39.6 Å². The maximum absolute atomic E-state index is 12.7. The second-order valence-corrected chi connectivity index (χ2v) is 10.8. The van der Waals surface area contributed by atoms with Gasteiger partial charge in [-0.1, -0.05) is 61.9 Å². The highest BCUT2D eigenvalue weighted by molar-refractivity contribution is 5.94. The molecule has 6 nitrogen and oxygen atoms in total. The van der Waals surface area contributed by atoms with Gasteiger partial charge >= 0.3 is 5.97 Å². The van der Waals surface area contributed by atoms with E-state index in [2.05, 4.69) is 53.2 Å². The van der Waals surface area contributed by atoms with Gasteiger partial charge in [0.1, 0.15) is 5.82 Å². The van der Waals surface area contributed by atoms with Crippen molar-refractivity contribution in [3.63, 3.8) is 0 Å². The summed E-state index contributed by atoms with van der Waals surface area (Å²) in [7, 11) is 0. The maximum atomic E-state index is 12.7. The van der Waals surface area contributed by atoms with E-state index < -0.39 is 0 Å². The molecule has 40 heavy (non-hydrogen) atoms. The number of pyridine rings is 1. The number of aromatic nitrogens is 3. The van der Waals surface area contributed by atoms with E-state index in [0.717, 1.165) is 51.1 Å². The smallest absolute Gasteiger partial charge is 0.338 e. The molecule has 1 N–H and O–H groups in total. The van der Waals surface area contributed by atoms with E-state index in [0.29, 0.717) is 12.2 Å². The summed E-state index contributed by atoms with van der Waals surface area (Å²) in [6, 6.07) is 28.7. The van der Waals surface area contributed by atoms with E-state index in [1.807, 2.05) is 49.4 Å². The van der Waals surface area contributed by atoms with Gasteiger partial charge in [0.15, 0.2) is 5.82 Å². The molecule has 7 rings (SSSR count). The largest absolute Gasteiger partial charge is 0.462 e. The third-order valence-corrected chi connectivity index (χ3v) is 8.29. The fraction of sp³-hybridized carbons (Fsp3) is 0.206. The summed E-state index contributed by atoms with van der Waals surface area (Å²) in [5, 5.41) is 3.52. The highest BCUT2D eigenvalue weighted by Gasteiger charge is 2.34. The van der Waals surface area contributed by atoms with E-state index >= 15 is 0 Å². The van der Waals surface area contributed by atoms with Crippen LogP contribution in [0.3, 0.4) is 0 Å². The van der Waals surface area contributed by atoms with E-state index in [1.165, 1.54) is 24.8 Å². The number of nitrogens with zero attached hydrogens (tertiary/aromatic N) is 3. The number of carbonyl (C=O) groups is 1. The zero-order chi connectivity index (χ0) is 27.3. The predicted molar refractivity (Wildman–Crippen MR) is 158 cm³/mol. The van der Waals surface area contributed by atoms with Crippen molar-refractivity contribution in [2.75, 3.05) is 11.9 Å². The van der Waals surface area contributed by atoms with Gasteiger partial charge < -0.3 is 10.1 Å². The maximum Gasteiger partial charge on any atom is 0.338 e. The average Bonchev–Trinajstić information content (AvgIpc) is 3.31. The van der Waals surface area contributed by atoms with Crippen LogP contribution >= 0.6 is 0 Å². The molecule has 0 amide bonds. The van der Waals surface area contributed by atoms with Crippen molar-refractivity contribution in [1.82, 2.24) is 14.5 Å². The summed E-state index contributed by atoms with van der Waals surface area (Å²) in [5.74, 6) is 1.24. The lowest BCUT2D eigenvalue weighted by Crippen LogP contribution is -2.30. The Hall–Kier alpha value is -4.71.